The van der Waals surface area contributed by atoms with Gasteiger partial charge in [0.15, 0.2) is 6.29 Å². The van der Waals surface area contributed by atoms with E-state index in [4.69, 9.17) is 0 Å². The molecule has 0 spiro atoms. The Kier molecular flexibility index (Phi) is 3.89. The molecule has 0 atom stereocenters. The smallest absolute Gasteiger partial charge is 0.166 e. The monoisotopic (exact) mass is 121 g/mol. The van der Waals surface area contributed by atoms with Crippen molar-refractivity contribution in [2.75, 3.05) is 0 Å². The van der Waals surface area contributed by atoms with E-state index in [2.05, 4.69) is 17.8 Å². The second-order valence-corrected chi connectivity index (χ2v) is 1.24. The summed E-state index contributed by atoms with van der Waals surface area (Å²) in [7, 11) is 0. The van der Waals surface area contributed by atoms with Crippen LogP contribution in [0.5, 0.6) is 0 Å². The zero-order chi connectivity index (χ0) is 7.11. The van der Waals surface area contributed by atoms with Gasteiger partial charge in [-0.1, -0.05) is 0 Å². The molecule has 0 aliphatic carbocycles. The Bertz CT molecular complexity index is 174. The zero-order valence-electron chi connectivity index (χ0n) is 4.87. The molecule has 0 aliphatic heterocycles. The van der Waals surface area contributed by atoms with E-state index in [1.165, 1.54) is 0 Å². The van der Waals surface area contributed by atoms with Crippen molar-refractivity contribution in [3.8, 4) is 12.8 Å². The van der Waals surface area contributed by atoms with Crippen LogP contribution in [-0.2, 0) is 0 Å². The number of nitrogens with one attached hydrogen (secondary N) is 1. The number of terminal acetylenes is 1. The molecule has 1 aromatic rings. The molecule has 0 unspecified atom stereocenters. The highest BCUT2D eigenvalue weighted by molar-refractivity contribution is 5.71. The molecule has 0 bridgehead atoms. The van der Waals surface area contributed by atoms with E-state index in [-0.39, 0.29) is 0 Å². The van der Waals surface area contributed by atoms with Crippen molar-refractivity contribution in [2.24, 2.45) is 0 Å². The Balaban J connectivity index is 0.000000291. The number of aromatic amines is 1. The Labute approximate surface area is 53.9 Å². The lowest BCUT2D eigenvalue weighted by Gasteiger charge is -1.70. The summed E-state index contributed by atoms with van der Waals surface area (Å²) in [6.45, 7) is 0. The third-order valence-electron chi connectivity index (χ3n) is 0.749. The zero-order valence-corrected chi connectivity index (χ0v) is 4.87. The second kappa shape index (κ2) is 4.66. The maximum Gasteiger partial charge on any atom is 0.166 e. The van der Waals surface area contributed by atoms with Gasteiger partial charge in [0.1, 0.15) is 0 Å². The topological polar surface area (TPSA) is 32.9 Å². The van der Waals surface area contributed by atoms with Crippen LogP contribution >= 0.6 is 0 Å². The third-order valence-corrected chi connectivity index (χ3v) is 0.749. The van der Waals surface area contributed by atoms with Crippen molar-refractivity contribution >= 4 is 6.29 Å². The highest BCUT2D eigenvalue weighted by atomic mass is 16.1. The van der Waals surface area contributed by atoms with Gasteiger partial charge in [0.25, 0.3) is 0 Å². The summed E-state index contributed by atoms with van der Waals surface area (Å²) in [5, 5.41) is 0. The van der Waals surface area contributed by atoms with Crippen molar-refractivity contribution in [1.82, 2.24) is 4.98 Å². The first kappa shape index (κ1) is 7.51. The summed E-state index contributed by atoms with van der Waals surface area (Å²) in [5.41, 5.74) is 0.625. The van der Waals surface area contributed by atoms with Crippen LogP contribution in [0, 0.1) is 12.8 Å². The van der Waals surface area contributed by atoms with Gasteiger partial charge in [-0.3, -0.25) is 4.79 Å². The van der Waals surface area contributed by atoms with Crippen LogP contribution in [0.2, 0.25) is 0 Å². The van der Waals surface area contributed by atoms with Gasteiger partial charge in [-0.2, -0.15) is 0 Å². The first-order valence-corrected chi connectivity index (χ1v) is 2.35. The summed E-state index contributed by atoms with van der Waals surface area (Å²) in [6.07, 6.45) is 10.5. The number of hydrogen-bond acceptors (Lipinski definition) is 1. The largest absolute Gasteiger partial charge is 0.359 e. The number of hydrogen-bond donors (Lipinski definition) is 1. The molecule has 0 fully saturated rings. The number of rotatable bonds is 1. The second-order valence-electron chi connectivity index (χ2n) is 1.24. The van der Waals surface area contributed by atoms with Gasteiger partial charge >= 0.3 is 0 Å². The summed E-state index contributed by atoms with van der Waals surface area (Å²) >= 11 is 0. The molecule has 0 saturated heterocycles. The van der Waals surface area contributed by atoms with Gasteiger partial charge in [0.2, 0.25) is 0 Å². The fourth-order valence-electron chi connectivity index (χ4n) is 0.418. The lowest BCUT2D eigenvalue weighted by atomic mass is 10.5. The molecule has 0 aromatic carbocycles. The molecule has 46 valence electrons. The highest BCUT2D eigenvalue weighted by Crippen LogP contribution is 1.85. The van der Waals surface area contributed by atoms with Crippen molar-refractivity contribution < 1.29 is 4.79 Å². The number of aromatic nitrogens is 1. The molecule has 2 heteroatoms. The first-order valence-electron chi connectivity index (χ1n) is 2.35. The molecular weight excluding hydrogens is 114 g/mol. The third kappa shape index (κ3) is 2.35. The normalized spacial score (nSPS) is 6.89. The minimum absolute atomic E-state index is 0.625. The minimum Gasteiger partial charge on any atom is -0.359 e. The number of aldehydes is 1. The van der Waals surface area contributed by atoms with Crippen LogP contribution in [0.3, 0.4) is 0 Å². The maximum absolute atomic E-state index is 9.84. The van der Waals surface area contributed by atoms with Gasteiger partial charge < -0.3 is 4.98 Å². The van der Waals surface area contributed by atoms with Gasteiger partial charge in [0.05, 0.1) is 5.69 Å². The average Bonchev–Trinajstić information content (AvgIpc) is 2.43. The van der Waals surface area contributed by atoms with E-state index in [9.17, 15) is 4.79 Å². The molecule has 1 N–H and O–H groups in total. The van der Waals surface area contributed by atoms with E-state index < -0.39 is 0 Å². The van der Waals surface area contributed by atoms with Crippen LogP contribution in [0.1, 0.15) is 10.5 Å². The van der Waals surface area contributed by atoms with E-state index in [1.807, 2.05) is 0 Å². The number of carbonyl (C=O) groups is 1. The molecule has 9 heavy (non-hydrogen) atoms. The highest BCUT2D eigenvalue weighted by Gasteiger charge is 1.81. The molecule has 0 aliphatic rings. The van der Waals surface area contributed by atoms with Crippen molar-refractivity contribution in [1.29, 1.82) is 0 Å². The number of carbonyl (C=O) groups excluding carboxylic acids is 1. The Morgan fingerprint density at radius 2 is 2.22 bits per heavy atom. The molecule has 1 aromatic heterocycles. The van der Waals surface area contributed by atoms with E-state index in [0.29, 0.717) is 5.69 Å². The summed E-state index contributed by atoms with van der Waals surface area (Å²) in [6, 6.07) is 3.50. The van der Waals surface area contributed by atoms with Crippen molar-refractivity contribution in [3.05, 3.63) is 24.0 Å². The van der Waals surface area contributed by atoms with E-state index >= 15 is 0 Å². The maximum atomic E-state index is 9.84. The van der Waals surface area contributed by atoms with Gasteiger partial charge in [-0.05, 0) is 12.1 Å². The first-order chi connectivity index (χ1) is 4.43. The fraction of sp³-hybridized carbons (Fsp3) is 0. The average molecular weight is 121 g/mol. The standard InChI is InChI=1S/C5H5NO.C2H2/c7-4-5-2-1-3-6-5;1-2/h1-4,6H;1-2H. The van der Waals surface area contributed by atoms with Crippen molar-refractivity contribution in [3.63, 3.8) is 0 Å². The minimum atomic E-state index is 0.625. The molecule has 2 nitrogen and oxygen atoms in total. The van der Waals surface area contributed by atoms with Gasteiger partial charge in [0, 0.05) is 6.20 Å². The van der Waals surface area contributed by atoms with Crippen LogP contribution < -0.4 is 0 Å². The van der Waals surface area contributed by atoms with Crippen LogP contribution in [0.15, 0.2) is 18.3 Å². The molecule has 0 amide bonds. The molecular formula is C7H7NO. The summed E-state index contributed by atoms with van der Waals surface area (Å²) in [5.74, 6) is 0. The lowest BCUT2D eigenvalue weighted by Crippen LogP contribution is -1.72. The molecule has 0 radical (unpaired) electrons. The Hall–Kier alpha value is -1.49. The predicted octanol–water partition coefficient (Wildman–Crippen LogP) is 1.08. The number of H-pyrrole nitrogens is 1. The van der Waals surface area contributed by atoms with Gasteiger partial charge in [-0.25, -0.2) is 0 Å². The van der Waals surface area contributed by atoms with Gasteiger partial charge in [-0.15, -0.1) is 12.8 Å². The Morgan fingerprint density at radius 3 is 2.44 bits per heavy atom. The summed E-state index contributed by atoms with van der Waals surface area (Å²) < 4.78 is 0. The molecule has 1 heterocycles. The van der Waals surface area contributed by atoms with E-state index in [0.717, 1.165) is 6.29 Å². The fourth-order valence-corrected chi connectivity index (χ4v) is 0.418. The van der Waals surface area contributed by atoms with Crippen LogP contribution in [-0.4, -0.2) is 11.3 Å². The van der Waals surface area contributed by atoms with Crippen LogP contribution in [0.4, 0.5) is 0 Å². The SMILES string of the molecule is C#C.O=Cc1ccc[nH]1. The molecule has 1 rings (SSSR count). The quantitative estimate of drug-likeness (QED) is 0.437. The lowest BCUT2D eigenvalue weighted by molar-refractivity contribution is 0.111. The Morgan fingerprint density at radius 1 is 1.56 bits per heavy atom. The van der Waals surface area contributed by atoms with Crippen molar-refractivity contribution in [2.45, 2.75) is 0 Å². The van der Waals surface area contributed by atoms with E-state index in [1.54, 1.807) is 18.3 Å². The molecule has 0 saturated carbocycles. The van der Waals surface area contributed by atoms with Crippen LogP contribution in [0.25, 0.3) is 0 Å². The summed E-state index contributed by atoms with van der Waals surface area (Å²) in [4.78, 5) is 12.6. The predicted molar refractivity (Wildman–Crippen MR) is 36.1 cm³/mol.